The fourth-order valence-electron chi connectivity index (χ4n) is 1.39. The number of fused-ring (bicyclic) bond motifs is 1. The highest BCUT2D eigenvalue weighted by Crippen LogP contribution is 2.45. The van der Waals surface area contributed by atoms with Crippen molar-refractivity contribution in [1.82, 2.24) is 0 Å². The second-order valence-corrected chi connectivity index (χ2v) is 3.20. The van der Waals surface area contributed by atoms with Crippen LogP contribution in [0.15, 0.2) is 18.2 Å². The summed E-state index contributed by atoms with van der Waals surface area (Å²) in [5.41, 5.74) is 4.96. The maximum absolute atomic E-state index is 12.7. The summed E-state index contributed by atoms with van der Waals surface area (Å²) >= 11 is 0. The number of halogens is 5. The van der Waals surface area contributed by atoms with Crippen molar-refractivity contribution < 1.29 is 27.0 Å². The van der Waals surface area contributed by atoms with Crippen LogP contribution in [0.3, 0.4) is 0 Å². The average molecular weight is 274 g/mol. The summed E-state index contributed by atoms with van der Waals surface area (Å²) in [5.74, 6) is -0.723. The molecule has 2 N–H and O–H groups in total. The average Bonchev–Trinajstić information content (AvgIpc) is 2.49. The minimum atomic E-state index is -3.83. The van der Waals surface area contributed by atoms with Gasteiger partial charge in [0.15, 0.2) is 11.5 Å². The summed E-state index contributed by atoms with van der Waals surface area (Å²) < 4.78 is 58.4. The SMILES string of the molecule is Cl.N[C@@H](c1cccc2c1OC(F)(F)O2)C(F)F. The van der Waals surface area contributed by atoms with Crippen LogP contribution in [0.25, 0.3) is 0 Å². The van der Waals surface area contributed by atoms with Gasteiger partial charge >= 0.3 is 6.29 Å². The minimum absolute atomic E-state index is 0. The Morgan fingerprint density at radius 2 is 1.82 bits per heavy atom. The van der Waals surface area contributed by atoms with E-state index in [1.54, 1.807) is 0 Å². The lowest BCUT2D eigenvalue weighted by Gasteiger charge is -2.12. The first kappa shape index (κ1) is 13.9. The van der Waals surface area contributed by atoms with Gasteiger partial charge in [0.05, 0.1) is 6.04 Å². The number of para-hydroxylation sites is 1. The molecule has 1 heterocycles. The lowest BCUT2D eigenvalue weighted by atomic mass is 10.1. The second kappa shape index (κ2) is 4.58. The van der Waals surface area contributed by atoms with Crippen molar-refractivity contribution in [3.63, 3.8) is 0 Å². The molecule has 1 atom stereocenters. The number of alkyl halides is 4. The Balaban J connectivity index is 0.00000144. The van der Waals surface area contributed by atoms with Crippen LogP contribution in [0.2, 0.25) is 0 Å². The van der Waals surface area contributed by atoms with Crippen molar-refractivity contribution in [1.29, 1.82) is 0 Å². The number of hydrogen-bond donors (Lipinski definition) is 1. The number of ether oxygens (including phenoxy) is 2. The Kier molecular flexibility index (Phi) is 3.73. The van der Waals surface area contributed by atoms with Gasteiger partial charge in [-0.3, -0.25) is 0 Å². The monoisotopic (exact) mass is 273 g/mol. The molecule has 0 bridgehead atoms. The van der Waals surface area contributed by atoms with E-state index < -0.39 is 24.5 Å². The highest BCUT2D eigenvalue weighted by molar-refractivity contribution is 5.85. The molecular formula is C9H8ClF4NO2. The molecule has 1 aliphatic heterocycles. The van der Waals surface area contributed by atoms with E-state index in [1.807, 2.05) is 0 Å². The van der Waals surface area contributed by atoms with Crippen molar-refractivity contribution in [3.05, 3.63) is 23.8 Å². The molecule has 0 aliphatic carbocycles. The third-order valence-corrected chi connectivity index (χ3v) is 2.09. The molecule has 0 saturated heterocycles. The molecule has 0 spiro atoms. The van der Waals surface area contributed by atoms with E-state index >= 15 is 0 Å². The van der Waals surface area contributed by atoms with Crippen molar-refractivity contribution >= 4 is 12.4 Å². The lowest BCUT2D eigenvalue weighted by Crippen LogP contribution is -2.26. The fourth-order valence-corrected chi connectivity index (χ4v) is 1.39. The molecular weight excluding hydrogens is 266 g/mol. The molecule has 1 aromatic carbocycles. The second-order valence-electron chi connectivity index (χ2n) is 3.20. The zero-order chi connectivity index (χ0) is 11.9. The molecule has 2 rings (SSSR count). The van der Waals surface area contributed by atoms with Crippen molar-refractivity contribution in [2.24, 2.45) is 5.73 Å². The predicted octanol–water partition coefficient (Wildman–Crippen LogP) is 2.69. The predicted molar refractivity (Wildman–Crippen MR) is 52.8 cm³/mol. The van der Waals surface area contributed by atoms with Gasteiger partial charge in [-0.1, -0.05) is 12.1 Å². The van der Waals surface area contributed by atoms with Crippen LogP contribution < -0.4 is 15.2 Å². The van der Waals surface area contributed by atoms with Crippen molar-refractivity contribution in [3.8, 4) is 11.5 Å². The van der Waals surface area contributed by atoms with Gasteiger partial charge in [0.2, 0.25) is 0 Å². The van der Waals surface area contributed by atoms with Gasteiger partial charge in [-0.15, -0.1) is 21.2 Å². The smallest absolute Gasteiger partial charge is 0.395 e. The molecule has 0 radical (unpaired) electrons. The number of benzene rings is 1. The molecule has 1 aromatic rings. The Hall–Kier alpha value is -1.21. The van der Waals surface area contributed by atoms with E-state index in [1.165, 1.54) is 18.2 Å². The van der Waals surface area contributed by atoms with E-state index in [9.17, 15) is 17.6 Å². The molecule has 17 heavy (non-hydrogen) atoms. The molecule has 96 valence electrons. The summed E-state index contributed by atoms with van der Waals surface area (Å²) in [6.07, 6.45) is -6.70. The standard InChI is InChI=1S/C9H7F4NO2.ClH/c10-8(11)6(14)4-2-1-3-5-7(4)16-9(12,13)15-5;/h1-3,6,8H,14H2;1H/t6-;/m0./s1. The van der Waals surface area contributed by atoms with Crippen LogP contribution in [0.4, 0.5) is 17.6 Å². The third-order valence-electron chi connectivity index (χ3n) is 2.09. The number of nitrogens with two attached hydrogens (primary N) is 1. The van der Waals surface area contributed by atoms with Crippen molar-refractivity contribution in [2.75, 3.05) is 0 Å². The molecule has 0 aromatic heterocycles. The Morgan fingerprint density at radius 1 is 1.18 bits per heavy atom. The van der Waals surface area contributed by atoms with Gasteiger partial charge in [-0.05, 0) is 6.07 Å². The van der Waals surface area contributed by atoms with Crippen LogP contribution in [-0.2, 0) is 0 Å². The van der Waals surface area contributed by atoms with Gasteiger partial charge in [-0.25, -0.2) is 8.78 Å². The summed E-state index contributed by atoms with van der Waals surface area (Å²) in [5, 5.41) is 0. The highest BCUT2D eigenvalue weighted by atomic mass is 35.5. The molecule has 0 amide bonds. The number of rotatable bonds is 2. The van der Waals surface area contributed by atoms with Crippen LogP contribution in [0.5, 0.6) is 11.5 Å². The Labute approximate surface area is 99.9 Å². The first-order chi connectivity index (χ1) is 7.41. The van der Waals surface area contributed by atoms with E-state index in [0.29, 0.717) is 0 Å². The maximum atomic E-state index is 12.7. The molecule has 1 aliphatic rings. The zero-order valence-corrected chi connectivity index (χ0v) is 9.02. The summed E-state index contributed by atoms with van der Waals surface area (Å²) in [6.45, 7) is 0. The van der Waals surface area contributed by atoms with Gasteiger partial charge in [-0.2, -0.15) is 0 Å². The summed E-state index contributed by atoms with van der Waals surface area (Å²) in [4.78, 5) is 0. The van der Waals surface area contributed by atoms with Gasteiger partial charge in [0, 0.05) is 5.56 Å². The van der Waals surface area contributed by atoms with Gasteiger partial charge < -0.3 is 15.2 Å². The molecule has 0 saturated carbocycles. The van der Waals surface area contributed by atoms with Crippen LogP contribution in [0, 0.1) is 0 Å². The third kappa shape index (κ3) is 2.55. The number of hydrogen-bond acceptors (Lipinski definition) is 3. The van der Waals surface area contributed by atoms with Crippen LogP contribution in [0.1, 0.15) is 11.6 Å². The maximum Gasteiger partial charge on any atom is 0.586 e. The van der Waals surface area contributed by atoms with E-state index in [-0.39, 0.29) is 23.7 Å². The Bertz CT molecular complexity index is 416. The first-order valence-electron chi connectivity index (χ1n) is 4.33. The molecule has 0 fully saturated rings. The minimum Gasteiger partial charge on any atom is -0.395 e. The first-order valence-corrected chi connectivity index (χ1v) is 4.33. The topological polar surface area (TPSA) is 44.5 Å². The largest absolute Gasteiger partial charge is 0.586 e. The quantitative estimate of drug-likeness (QED) is 0.843. The van der Waals surface area contributed by atoms with Crippen LogP contribution >= 0.6 is 12.4 Å². The van der Waals surface area contributed by atoms with Crippen molar-refractivity contribution in [2.45, 2.75) is 18.8 Å². The fraction of sp³-hybridized carbons (Fsp3) is 0.333. The van der Waals surface area contributed by atoms with Gasteiger partial charge in [0.25, 0.3) is 6.43 Å². The van der Waals surface area contributed by atoms with Crippen LogP contribution in [-0.4, -0.2) is 12.7 Å². The lowest BCUT2D eigenvalue weighted by molar-refractivity contribution is -0.287. The van der Waals surface area contributed by atoms with E-state index in [4.69, 9.17) is 5.73 Å². The molecule has 3 nitrogen and oxygen atoms in total. The highest BCUT2D eigenvalue weighted by Gasteiger charge is 2.45. The van der Waals surface area contributed by atoms with Gasteiger partial charge in [0.1, 0.15) is 0 Å². The van der Waals surface area contributed by atoms with E-state index in [2.05, 4.69) is 9.47 Å². The van der Waals surface area contributed by atoms with E-state index in [0.717, 1.165) is 0 Å². The summed E-state index contributed by atoms with van der Waals surface area (Å²) in [6, 6.07) is 1.99. The normalized spacial score (nSPS) is 17.8. The molecule has 0 unspecified atom stereocenters. The molecule has 8 heteroatoms. The Morgan fingerprint density at radius 3 is 2.41 bits per heavy atom. The summed E-state index contributed by atoms with van der Waals surface area (Å²) in [7, 11) is 0. The zero-order valence-electron chi connectivity index (χ0n) is 8.20.